The molecule has 0 atom stereocenters. The third-order valence-electron chi connectivity index (χ3n) is 2.61. The Hall–Kier alpha value is -2.67. The van der Waals surface area contributed by atoms with Gasteiger partial charge in [0.25, 0.3) is 0 Å². The number of nitrogens with two attached hydrogens (primary N) is 1. The maximum Gasteiger partial charge on any atom is 0.311 e. The number of anilines is 1. The molecule has 0 unspecified atom stereocenters. The zero-order valence-corrected chi connectivity index (χ0v) is 11.6. The van der Waals surface area contributed by atoms with Gasteiger partial charge in [0.1, 0.15) is 0 Å². The van der Waals surface area contributed by atoms with Gasteiger partial charge in [-0.15, -0.1) is 0 Å². The van der Waals surface area contributed by atoms with E-state index in [0.717, 1.165) is 5.56 Å². The highest BCUT2D eigenvalue weighted by Gasteiger charge is 2.14. The van der Waals surface area contributed by atoms with Crippen LogP contribution in [0.5, 0.6) is 0 Å². The predicted octanol–water partition coefficient (Wildman–Crippen LogP) is 2.57. The Bertz CT molecular complexity index is 690. The van der Waals surface area contributed by atoms with Gasteiger partial charge < -0.3 is 11.1 Å². The number of rotatable bonds is 4. The number of aromatic nitrogens is 1. The number of aliphatic imine (C=N–C) groups is 1. The van der Waals surface area contributed by atoms with E-state index in [2.05, 4.69) is 15.3 Å². The van der Waals surface area contributed by atoms with Crippen LogP contribution in [0.1, 0.15) is 5.56 Å². The van der Waals surface area contributed by atoms with Gasteiger partial charge in [-0.25, -0.2) is 9.98 Å². The number of hydrogen-bond acceptors (Lipinski definition) is 4. The van der Waals surface area contributed by atoms with Crippen LogP contribution in [0.3, 0.4) is 0 Å². The standard InChI is InChI=1S/C13H12ClN5O2/c14-10-5-2-1-4-9(10)8-17-13(15)18-12-11(19(20)21)6-3-7-16-12/h1-7H,8H2,(H3,15,16,17,18). The lowest BCUT2D eigenvalue weighted by molar-refractivity contribution is -0.384. The van der Waals surface area contributed by atoms with E-state index in [4.69, 9.17) is 17.3 Å². The zero-order chi connectivity index (χ0) is 15.2. The molecule has 0 aliphatic heterocycles. The number of nitrogens with zero attached hydrogens (tertiary/aromatic N) is 3. The first kappa shape index (κ1) is 14.7. The second-order valence-corrected chi connectivity index (χ2v) is 4.45. The van der Waals surface area contributed by atoms with Crippen LogP contribution in [-0.4, -0.2) is 15.9 Å². The smallest absolute Gasteiger partial charge is 0.311 e. The van der Waals surface area contributed by atoms with Crippen molar-refractivity contribution >= 4 is 29.1 Å². The molecule has 0 amide bonds. The van der Waals surface area contributed by atoms with E-state index in [-0.39, 0.29) is 24.0 Å². The Labute approximate surface area is 125 Å². The Morgan fingerprint density at radius 2 is 2.14 bits per heavy atom. The molecule has 7 nitrogen and oxygen atoms in total. The molecule has 8 heteroatoms. The van der Waals surface area contributed by atoms with Crippen molar-refractivity contribution in [3.05, 3.63) is 63.3 Å². The molecule has 0 spiro atoms. The van der Waals surface area contributed by atoms with Crippen molar-refractivity contribution in [2.75, 3.05) is 5.32 Å². The van der Waals surface area contributed by atoms with E-state index >= 15 is 0 Å². The molecule has 0 bridgehead atoms. The Kier molecular flexibility index (Phi) is 4.68. The number of hydrogen-bond donors (Lipinski definition) is 2. The number of halogens is 1. The Morgan fingerprint density at radius 3 is 2.86 bits per heavy atom. The van der Waals surface area contributed by atoms with Crippen molar-refractivity contribution in [1.82, 2.24) is 4.98 Å². The van der Waals surface area contributed by atoms with Crippen molar-refractivity contribution < 1.29 is 4.92 Å². The summed E-state index contributed by atoms with van der Waals surface area (Å²) in [5.74, 6) is 0.0691. The van der Waals surface area contributed by atoms with Crippen LogP contribution in [0.15, 0.2) is 47.6 Å². The number of nitrogens with one attached hydrogen (secondary N) is 1. The van der Waals surface area contributed by atoms with Gasteiger partial charge in [-0.05, 0) is 17.7 Å². The first-order valence-electron chi connectivity index (χ1n) is 5.97. The number of pyridine rings is 1. The molecule has 2 rings (SSSR count). The van der Waals surface area contributed by atoms with E-state index in [9.17, 15) is 10.1 Å². The van der Waals surface area contributed by atoms with Crippen LogP contribution in [0.4, 0.5) is 11.5 Å². The monoisotopic (exact) mass is 305 g/mol. The van der Waals surface area contributed by atoms with Crippen molar-refractivity contribution in [3.8, 4) is 0 Å². The fourth-order valence-electron chi connectivity index (χ4n) is 1.60. The minimum Gasteiger partial charge on any atom is -0.370 e. The van der Waals surface area contributed by atoms with Crippen molar-refractivity contribution in [2.24, 2.45) is 10.7 Å². The highest BCUT2D eigenvalue weighted by Crippen LogP contribution is 2.20. The summed E-state index contributed by atoms with van der Waals surface area (Å²) in [6.07, 6.45) is 1.43. The van der Waals surface area contributed by atoms with Crippen LogP contribution in [-0.2, 0) is 6.54 Å². The van der Waals surface area contributed by atoms with Gasteiger partial charge in [0.05, 0.1) is 11.5 Å². The van der Waals surface area contributed by atoms with Crippen LogP contribution in [0.25, 0.3) is 0 Å². The highest BCUT2D eigenvalue weighted by molar-refractivity contribution is 6.31. The lowest BCUT2D eigenvalue weighted by atomic mass is 10.2. The fraction of sp³-hybridized carbons (Fsp3) is 0.0769. The molecular weight excluding hydrogens is 294 g/mol. The van der Waals surface area contributed by atoms with Crippen LogP contribution in [0.2, 0.25) is 5.02 Å². The molecule has 108 valence electrons. The fourth-order valence-corrected chi connectivity index (χ4v) is 1.79. The van der Waals surface area contributed by atoms with E-state index < -0.39 is 4.92 Å². The molecule has 1 aromatic heterocycles. The van der Waals surface area contributed by atoms with E-state index in [1.165, 1.54) is 18.3 Å². The van der Waals surface area contributed by atoms with Crippen LogP contribution < -0.4 is 11.1 Å². The third kappa shape index (κ3) is 3.90. The maximum atomic E-state index is 10.9. The molecule has 0 saturated carbocycles. The Balaban J connectivity index is 2.11. The molecular formula is C13H12ClN5O2. The SMILES string of the molecule is NC(=NCc1ccccc1Cl)Nc1ncccc1[N+](=O)[O-]. The third-order valence-corrected chi connectivity index (χ3v) is 2.98. The van der Waals surface area contributed by atoms with Crippen molar-refractivity contribution in [3.63, 3.8) is 0 Å². The normalized spacial score (nSPS) is 11.2. The van der Waals surface area contributed by atoms with E-state index in [1.807, 2.05) is 18.2 Å². The maximum absolute atomic E-state index is 10.9. The van der Waals surface area contributed by atoms with Gasteiger partial charge in [0.2, 0.25) is 5.82 Å². The van der Waals surface area contributed by atoms with Crippen LogP contribution >= 0.6 is 11.6 Å². The summed E-state index contributed by atoms with van der Waals surface area (Å²) < 4.78 is 0. The highest BCUT2D eigenvalue weighted by atomic mass is 35.5. The summed E-state index contributed by atoms with van der Waals surface area (Å²) in [6, 6.07) is 10.0. The molecule has 0 aliphatic carbocycles. The van der Waals surface area contributed by atoms with Gasteiger partial charge in [0, 0.05) is 17.3 Å². The molecule has 0 aliphatic rings. The summed E-state index contributed by atoms with van der Waals surface area (Å²) in [6.45, 7) is 0.263. The molecule has 3 N–H and O–H groups in total. The van der Waals surface area contributed by atoms with Crippen molar-refractivity contribution in [2.45, 2.75) is 6.54 Å². The van der Waals surface area contributed by atoms with E-state index in [0.29, 0.717) is 5.02 Å². The quantitative estimate of drug-likeness (QED) is 0.391. The number of benzene rings is 1. The summed E-state index contributed by atoms with van der Waals surface area (Å²) in [4.78, 5) is 18.3. The molecule has 0 radical (unpaired) electrons. The molecule has 0 fully saturated rings. The lowest BCUT2D eigenvalue weighted by Gasteiger charge is -2.05. The summed E-state index contributed by atoms with van der Waals surface area (Å²) in [7, 11) is 0. The van der Waals surface area contributed by atoms with Gasteiger partial charge >= 0.3 is 5.69 Å². The molecule has 1 aromatic carbocycles. The largest absolute Gasteiger partial charge is 0.370 e. The van der Waals surface area contributed by atoms with Gasteiger partial charge in [-0.2, -0.15) is 0 Å². The summed E-state index contributed by atoms with van der Waals surface area (Å²) in [5, 5.41) is 14.0. The molecule has 1 heterocycles. The Morgan fingerprint density at radius 1 is 1.38 bits per heavy atom. The zero-order valence-electron chi connectivity index (χ0n) is 10.9. The molecule has 21 heavy (non-hydrogen) atoms. The molecule has 0 saturated heterocycles. The lowest BCUT2D eigenvalue weighted by Crippen LogP contribution is -2.23. The number of guanidine groups is 1. The minimum absolute atomic E-state index is 0.0247. The average Bonchev–Trinajstić information content (AvgIpc) is 2.47. The average molecular weight is 306 g/mol. The van der Waals surface area contributed by atoms with E-state index in [1.54, 1.807) is 6.07 Å². The van der Waals surface area contributed by atoms with Crippen molar-refractivity contribution in [1.29, 1.82) is 0 Å². The second kappa shape index (κ2) is 6.67. The predicted molar refractivity (Wildman–Crippen MR) is 81.3 cm³/mol. The first-order valence-corrected chi connectivity index (χ1v) is 6.35. The van der Waals surface area contributed by atoms with Gasteiger partial charge in [0.15, 0.2) is 5.96 Å². The topological polar surface area (TPSA) is 106 Å². The summed E-state index contributed by atoms with van der Waals surface area (Å²) in [5.41, 5.74) is 6.34. The molecule has 2 aromatic rings. The first-order chi connectivity index (χ1) is 10.1. The second-order valence-electron chi connectivity index (χ2n) is 4.05. The summed E-state index contributed by atoms with van der Waals surface area (Å²) >= 11 is 6.00. The van der Waals surface area contributed by atoms with Gasteiger partial charge in [-0.3, -0.25) is 10.1 Å². The van der Waals surface area contributed by atoms with Crippen LogP contribution in [0, 0.1) is 10.1 Å². The van der Waals surface area contributed by atoms with Gasteiger partial charge in [-0.1, -0.05) is 29.8 Å². The number of nitro groups is 1. The minimum atomic E-state index is -0.545.